The standard InChI is InChI=1S/C13H26N2O/c1-13(2,3)10-15(4)12(16)11-8-6-5-7-9-14-11/h11,14H,5-10H2,1-4H3. The molecule has 1 amide bonds. The number of carbonyl (C=O) groups excluding carboxylic acids is 1. The van der Waals surface area contributed by atoms with Crippen LogP contribution in [0, 0.1) is 5.41 Å². The van der Waals surface area contributed by atoms with Crippen molar-refractivity contribution >= 4 is 5.91 Å². The summed E-state index contributed by atoms with van der Waals surface area (Å²) in [7, 11) is 1.92. The van der Waals surface area contributed by atoms with Crippen molar-refractivity contribution in [3.05, 3.63) is 0 Å². The molecule has 3 nitrogen and oxygen atoms in total. The van der Waals surface area contributed by atoms with E-state index in [1.165, 1.54) is 19.3 Å². The SMILES string of the molecule is CN(CC(C)(C)C)C(=O)C1CCCCCN1. The minimum atomic E-state index is 0.0508. The zero-order chi connectivity index (χ0) is 12.2. The molecule has 0 bridgehead atoms. The number of likely N-dealkylation sites (N-methyl/N-ethyl adjacent to an activating group) is 1. The lowest BCUT2D eigenvalue weighted by Gasteiger charge is -2.29. The molecule has 16 heavy (non-hydrogen) atoms. The highest BCUT2D eigenvalue weighted by atomic mass is 16.2. The Kier molecular flexibility index (Phi) is 4.78. The molecule has 1 fully saturated rings. The minimum absolute atomic E-state index is 0.0508. The molecule has 1 saturated heterocycles. The maximum absolute atomic E-state index is 12.2. The van der Waals surface area contributed by atoms with E-state index in [1.54, 1.807) is 0 Å². The molecule has 0 radical (unpaired) electrons. The molecule has 1 rings (SSSR count). The van der Waals surface area contributed by atoms with Crippen LogP contribution in [-0.2, 0) is 4.79 Å². The van der Waals surface area contributed by atoms with Crippen LogP contribution in [0.2, 0.25) is 0 Å². The fourth-order valence-electron chi connectivity index (χ4n) is 2.29. The zero-order valence-corrected chi connectivity index (χ0v) is 11.2. The van der Waals surface area contributed by atoms with E-state index in [0.717, 1.165) is 19.5 Å². The average molecular weight is 226 g/mol. The van der Waals surface area contributed by atoms with Crippen molar-refractivity contribution in [3.8, 4) is 0 Å². The first kappa shape index (κ1) is 13.5. The van der Waals surface area contributed by atoms with Gasteiger partial charge in [0.05, 0.1) is 6.04 Å². The van der Waals surface area contributed by atoms with Crippen molar-refractivity contribution in [2.45, 2.75) is 52.5 Å². The summed E-state index contributed by atoms with van der Waals surface area (Å²) in [6, 6.07) is 0.0508. The first-order chi connectivity index (χ1) is 7.40. The molecule has 0 aromatic heterocycles. The van der Waals surface area contributed by atoms with Crippen molar-refractivity contribution in [2.75, 3.05) is 20.1 Å². The summed E-state index contributed by atoms with van der Waals surface area (Å²) >= 11 is 0. The summed E-state index contributed by atoms with van der Waals surface area (Å²) < 4.78 is 0. The molecular formula is C13H26N2O. The second kappa shape index (κ2) is 5.67. The van der Waals surface area contributed by atoms with Crippen molar-refractivity contribution < 1.29 is 4.79 Å². The molecule has 0 aromatic rings. The lowest BCUT2D eigenvalue weighted by atomic mass is 9.96. The fourth-order valence-corrected chi connectivity index (χ4v) is 2.29. The van der Waals surface area contributed by atoms with E-state index in [4.69, 9.17) is 0 Å². The summed E-state index contributed by atoms with van der Waals surface area (Å²) in [5, 5.41) is 3.36. The molecule has 1 heterocycles. The van der Waals surface area contributed by atoms with Gasteiger partial charge in [-0.3, -0.25) is 4.79 Å². The molecule has 0 saturated carbocycles. The van der Waals surface area contributed by atoms with E-state index in [2.05, 4.69) is 26.1 Å². The van der Waals surface area contributed by atoms with Crippen LogP contribution in [-0.4, -0.2) is 37.0 Å². The first-order valence-electron chi connectivity index (χ1n) is 6.38. The Morgan fingerprint density at radius 1 is 1.31 bits per heavy atom. The van der Waals surface area contributed by atoms with Gasteiger partial charge < -0.3 is 10.2 Å². The van der Waals surface area contributed by atoms with Crippen LogP contribution in [0.25, 0.3) is 0 Å². The maximum Gasteiger partial charge on any atom is 0.239 e. The van der Waals surface area contributed by atoms with E-state index in [9.17, 15) is 4.79 Å². The van der Waals surface area contributed by atoms with Gasteiger partial charge in [0, 0.05) is 13.6 Å². The Hall–Kier alpha value is -0.570. The number of hydrogen-bond acceptors (Lipinski definition) is 2. The van der Waals surface area contributed by atoms with Gasteiger partial charge in [-0.25, -0.2) is 0 Å². The molecule has 0 spiro atoms. The van der Waals surface area contributed by atoms with Crippen molar-refractivity contribution in [1.82, 2.24) is 10.2 Å². The van der Waals surface area contributed by atoms with Crippen LogP contribution in [0.4, 0.5) is 0 Å². The Labute approximate surface area is 99.6 Å². The molecule has 0 aliphatic carbocycles. The average Bonchev–Trinajstić information content (AvgIpc) is 2.41. The van der Waals surface area contributed by atoms with Crippen LogP contribution >= 0.6 is 0 Å². The molecule has 1 atom stereocenters. The van der Waals surface area contributed by atoms with Gasteiger partial charge in [-0.1, -0.05) is 33.6 Å². The number of carbonyl (C=O) groups is 1. The predicted molar refractivity (Wildman–Crippen MR) is 67.4 cm³/mol. The van der Waals surface area contributed by atoms with Crippen molar-refractivity contribution in [1.29, 1.82) is 0 Å². The van der Waals surface area contributed by atoms with Gasteiger partial charge in [0.15, 0.2) is 0 Å². The number of nitrogens with one attached hydrogen (secondary N) is 1. The molecule has 0 aromatic carbocycles. The number of amides is 1. The lowest BCUT2D eigenvalue weighted by Crippen LogP contribution is -2.46. The highest BCUT2D eigenvalue weighted by molar-refractivity contribution is 5.81. The van der Waals surface area contributed by atoms with E-state index < -0.39 is 0 Å². The summed E-state index contributed by atoms with van der Waals surface area (Å²) in [5.41, 5.74) is 0.176. The lowest BCUT2D eigenvalue weighted by molar-refractivity contribution is -0.133. The smallest absolute Gasteiger partial charge is 0.239 e. The van der Waals surface area contributed by atoms with E-state index in [1.807, 2.05) is 11.9 Å². The van der Waals surface area contributed by atoms with Crippen LogP contribution in [0.5, 0.6) is 0 Å². The van der Waals surface area contributed by atoms with Crippen LogP contribution in [0.3, 0.4) is 0 Å². The van der Waals surface area contributed by atoms with Gasteiger partial charge in [0.1, 0.15) is 0 Å². The molecule has 1 aliphatic rings. The van der Waals surface area contributed by atoms with Crippen molar-refractivity contribution in [2.24, 2.45) is 5.41 Å². The van der Waals surface area contributed by atoms with Gasteiger partial charge in [0.2, 0.25) is 5.91 Å². The van der Waals surface area contributed by atoms with Crippen molar-refractivity contribution in [3.63, 3.8) is 0 Å². The molecule has 94 valence electrons. The van der Waals surface area contributed by atoms with Crippen LogP contribution in [0.15, 0.2) is 0 Å². The minimum Gasteiger partial charge on any atom is -0.344 e. The topological polar surface area (TPSA) is 32.3 Å². The first-order valence-corrected chi connectivity index (χ1v) is 6.38. The van der Waals surface area contributed by atoms with Crippen LogP contribution < -0.4 is 5.32 Å². The molecule has 1 N–H and O–H groups in total. The second-order valence-electron chi connectivity index (χ2n) is 6.11. The predicted octanol–water partition coefficient (Wildman–Crippen LogP) is 2.02. The normalized spacial score (nSPS) is 22.6. The summed E-state index contributed by atoms with van der Waals surface area (Å²) in [5.74, 6) is 0.261. The van der Waals surface area contributed by atoms with E-state index in [0.29, 0.717) is 0 Å². The highest BCUT2D eigenvalue weighted by Gasteiger charge is 2.25. The van der Waals surface area contributed by atoms with Gasteiger partial charge in [0.25, 0.3) is 0 Å². The third kappa shape index (κ3) is 4.52. The highest BCUT2D eigenvalue weighted by Crippen LogP contribution is 2.16. The molecule has 3 heteroatoms. The molecule has 1 unspecified atom stereocenters. The quantitative estimate of drug-likeness (QED) is 0.781. The maximum atomic E-state index is 12.2. The largest absolute Gasteiger partial charge is 0.344 e. The number of nitrogens with zero attached hydrogens (tertiary/aromatic N) is 1. The fraction of sp³-hybridized carbons (Fsp3) is 0.923. The molecular weight excluding hydrogens is 200 g/mol. The Morgan fingerprint density at radius 2 is 2.00 bits per heavy atom. The van der Waals surface area contributed by atoms with Gasteiger partial charge in [-0.2, -0.15) is 0 Å². The summed E-state index contributed by atoms with van der Waals surface area (Å²) in [4.78, 5) is 14.1. The Bertz CT molecular complexity index is 225. The van der Waals surface area contributed by atoms with Crippen LogP contribution in [0.1, 0.15) is 46.5 Å². The Balaban J connectivity index is 2.48. The van der Waals surface area contributed by atoms with E-state index in [-0.39, 0.29) is 17.4 Å². The van der Waals surface area contributed by atoms with E-state index >= 15 is 0 Å². The summed E-state index contributed by atoms with van der Waals surface area (Å²) in [6.45, 7) is 8.30. The summed E-state index contributed by atoms with van der Waals surface area (Å²) in [6.07, 6.45) is 4.62. The van der Waals surface area contributed by atoms with Gasteiger partial charge >= 0.3 is 0 Å². The molecule has 1 aliphatic heterocycles. The third-order valence-electron chi connectivity index (χ3n) is 2.95. The monoisotopic (exact) mass is 226 g/mol. The van der Waals surface area contributed by atoms with Gasteiger partial charge in [-0.05, 0) is 24.8 Å². The third-order valence-corrected chi connectivity index (χ3v) is 2.95. The second-order valence-corrected chi connectivity index (χ2v) is 6.11. The zero-order valence-electron chi connectivity index (χ0n) is 11.2. The van der Waals surface area contributed by atoms with Gasteiger partial charge in [-0.15, -0.1) is 0 Å². The number of rotatable bonds is 2. The number of hydrogen-bond donors (Lipinski definition) is 1. The Morgan fingerprint density at radius 3 is 2.62 bits per heavy atom.